The van der Waals surface area contributed by atoms with Crippen LogP contribution < -0.4 is 10.5 Å². The van der Waals surface area contributed by atoms with Crippen molar-refractivity contribution in [2.45, 2.75) is 6.42 Å². The highest BCUT2D eigenvalue weighted by atomic mass is 16.1. The molecule has 0 saturated carbocycles. The molecule has 0 unspecified atom stereocenters. The van der Waals surface area contributed by atoms with Crippen molar-refractivity contribution < 1.29 is 0 Å². The van der Waals surface area contributed by atoms with Crippen LogP contribution in [0.4, 0.5) is 17.1 Å². The van der Waals surface area contributed by atoms with Crippen LogP contribution >= 0.6 is 0 Å². The second-order valence-corrected chi connectivity index (χ2v) is 8.64. The zero-order valence-electron chi connectivity index (χ0n) is 19.6. The van der Waals surface area contributed by atoms with Gasteiger partial charge in [-0.15, -0.1) is 0 Å². The fourth-order valence-electron chi connectivity index (χ4n) is 4.47. The molecular formula is C31H24N4O. The molecule has 6 rings (SSSR count). The van der Waals surface area contributed by atoms with Crippen LogP contribution in [0.1, 0.15) is 11.3 Å². The number of nitrogens with one attached hydrogen (secondary N) is 1. The van der Waals surface area contributed by atoms with Crippen LogP contribution in [0.2, 0.25) is 0 Å². The molecule has 0 atom stereocenters. The van der Waals surface area contributed by atoms with Gasteiger partial charge in [-0.05, 0) is 47.5 Å². The Morgan fingerprint density at radius 1 is 0.694 bits per heavy atom. The molecule has 2 aliphatic rings. The lowest BCUT2D eigenvalue weighted by molar-refractivity contribution is 0.971. The number of hydrogen-bond acceptors (Lipinski definition) is 3. The van der Waals surface area contributed by atoms with Gasteiger partial charge in [-0.3, -0.25) is 9.36 Å². The summed E-state index contributed by atoms with van der Waals surface area (Å²) >= 11 is 0. The predicted octanol–water partition coefficient (Wildman–Crippen LogP) is 6.73. The third-order valence-electron chi connectivity index (χ3n) is 6.26. The van der Waals surface area contributed by atoms with Gasteiger partial charge in [-0.25, -0.2) is 4.98 Å². The molecule has 0 aromatic heterocycles. The van der Waals surface area contributed by atoms with Crippen LogP contribution in [0.25, 0.3) is 17.1 Å². The monoisotopic (exact) mass is 468 g/mol. The maximum Gasteiger partial charge on any atom is 0.278 e. The minimum Gasteiger partial charge on any atom is -0.357 e. The number of H-pyrrole nitrogens is 1. The first kappa shape index (κ1) is 21.6. The molecule has 174 valence electrons. The summed E-state index contributed by atoms with van der Waals surface area (Å²) in [4.78, 5) is 23.1. The quantitative estimate of drug-likeness (QED) is 0.295. The number of aromatic nitrogens is 3. The first-order valence-electron chi connectivity index (χ1n) is 11.9. The number of aromatic amines is 1. The molecule has 36 heavy (non-hydrogen) atoms. The molecule has 0 saturated heterocycles. The maximum absolute atomic E-state index is 13.1. The predicted molar refractivity (Wildman–Crippen MR) is 145 cm³/mol. The number of imidazole rings is 1. The third-order valence-corrected chi connectivity index (χ3v) is 6.26. The standard InChI is InChI=1S/C31H24N4O/c36-31-28(20-23-10-4-1-5-11-23)33-30-21-32-29(22-34(30)31)24-16-18-27(19-17-24)35(25-12-6-2-7-13-25)26-14-8-3-9-15-26/h1-19,21-22,32H,20H2. The molecule has 0 aliphatic carbocycles. The highest BCUT2D eigenvalue weighted by molar-refractivity contribution is 5.77. The van der Waals surface area contributed by atoms with Gasteiger partial charge in [0.2, 0.25) is 0 Å². The van der Waals surface area contributed by atoms with Crippen LogP contribution in [0, 0.1) is 0 Å². The van der Waals surface area contributed by atoms with E-state index in [1.807, 2.05) is 72.9 Å². The Labute approximate surface area is 209 Å². The van der Waals surface area contributed by atoms with Gasteiger partial charge in [0.25, 0.3) is 5.56 Å². The van der Waals surface area contributed by atoms with Crippen LogP contribution in [-0.2, 0) is 6.42 Å². The van der Waals surface area contributed by atoms with Crippen LogP contribution in [0.15, 0.2) is 132 Å². The summed E-state index contributed by atoms with van der Waals surface area (Å²) in [6.45, 7) is 0. The first-order chi connectivity index (χ1) is 17.8. The van der Waals surface area contributed by atoms with Crippen molar-refractivity contribution in [3.63, 3.8) is 0 Å². The summed E-state index contributed by atoms with van der Waals surface area (Å²) in [6.07, 6.45) is 4.14. The first-order valence-corrected chi connectivity index (χ1v) is 11.9. The fourth-order valence-corrected chi connectivity index (χ4v) is 4.47. The number of anilines is 3. The minimum atomic E-state index is -0.0833. The minimum absolute atomic E-state index is 0.0833. The summed E-state index contributed by atoms with van der Waals surface area (Å²) in [5.41, 5.74) is 6.59. The van der Waals surface area contributed by atoms with Gasteiger partial charge in [0.1, 0.15) is 5.69 Å². The second kappa shape index (κ2) is 9.39. The highest BCUT2D eigenvalue weighted by Crippen LogP contribution is 2.35. The van der Waals surface area contributed by atoms with E-state index in [0.29, 0.717) is 17.9 Å². The van der Waals surface area contributed by atoms with E-state index >= 15 is 0 Å². The zero-order valence-corrected chi connectivity index (χ0v) is 19.6. The van der Waals surface area contributed by atoms with Crippen molar-refractivity contribution in [3.05, 3.63) is 149 Å². The van der Waals surface area contributed by atoms with Crippen molar-refractivity contribution >= 4 is 17.1 Å². The Morgan fingerprint density at radius 2 is 1.25 bits per heavy atom. The highest BCUT2D eigenvalue weighted by Gasteiger charge is 2.16. The Hall–Kier alpha value is -4.90. The lowest BCUT2D eigenvalue weighted by atomic mass is 10.1. The average Bonchev–Trinajstić information content (AvgIpc) is 3.25. The van der Waals surface area contributed by atoms with Crippen LogP contribution in [0.5, 0.6) is 0 Å². The van der Waals surface area contributed by atoms with E-state index in [2.05, 4.69) is 63.4 Å². The normalized spacial score (nSPS) is 11.0. The molecule has 0 fully saturated rings. The Bertz CT molecular complexity index is 1570. The molecule has 4 aromatic carbocycles. The molecule has 5 nitrogen and oxygen atoms in total. The lowest BCUT2D eigenvalue weighted by Crippen LogP contribution is -2.15. The van der Waals surface area contributed by atoms with Crippen molar-refractivity contribution in [1.82, 2.24) is 14.5 Å². The molecule has 0 radical (unpaired) electrons. The summed E-state index contributed by atoms with van der Waals surface area (Å²) in [5.74, 6) is 0.616. The molecule has 5 heteroatoms. The molecular weight excluding hydrogens is 444 g/mol. The van der Waals surface area contributed by atoms with E-state index in [-0.39, 0.29) is 5.56 Å². The lowest BCUT2D eigenvalue weighted by Gasteiger charge is -2.25. The van der Waals surface area contributed by atoms with Gasteiger partial charge in [0.15, 0.2) is 5.82 Å². The SMILES string of the molecule is O=c1c(Cc2ccccc2)nc2c[nH]c(-c3ccc(N(c4ccccc4)c4ccccc4)cc3)cn1-2. The molecule has 1 N–H and O–H groups in total. The molecule has 2 aliphatic heterocycles. The molecule has 0 spiro atoms. The van der Waals surface area contributed by atoms with Gasteiger partial charge in [0.05, 0.1) is 5.69 Å². The number of nitrogens with zero attached hydrogens (tertiary/aromatic N) is 3. The van der Waals surface area contributed by atoms with Crippen LogP contribution in [-0.4, -0.2) is 14.5 Å². The number of hydrogen-bond donors (Lipinski definition) is 1. The van der Waals surface area contributed by atoms with Crippen molar-refractivity contribution in [1.29, 1.82) is 0 Å². The van der Waals surface area contributed by atoms with Crippen molar-refractivity contribution in [3.8, 4) is 17.1 Å². The largest absolute Gasteiger partial charge is 0.357 e. The molecule has 0 bridgehead atoms. The van der Waals surface area contributed by atoms with E-state index in [9.17, 15) is 4.79 Å². The van der Waals surface area contributed by atoms with E-state index in [0.717, 1.165) is 33.9 Å². The van der Waals surface area contributed by atoms with E-state index < -0.39 is 0 Å². The summed E-state index contributed by atoms with van der Waals surface area (Å²) in [7, 11) is 0. The number of para-hydroxylation sites is 2. The van der Waals surface area contributed by atoms with Gasteiger partial charge in [-0.2, -0.15) is 0 Å². The van der Waals surface area contributed by atoms with Crippen LogP contribution in [0.3, 0.4) is 0 Å². The average molecular weight is 469 g/mol. The number of benzene rings is 4. The van der Waals surface area contributed by atoms with Gasteiger partial charge >= 0.3 is 0 Å². The Morgan fingerprint density at radius 3 is 1.86 bits per heavy atom. The maximum atomic E-state index is 13.1. The van der Waals surface area contributed by atoms with E-state index in [1.54, 1.807) is 10.8 Å². The fraction of sp³-hybridized carbons (Fsp3) is 0.0323. The molecule has 2 heterocycles. The third kappa shape index (κ3) is 4.18. The second-order valence-electron chi connectivity index (χ2n) is 8.64. The smallest absolute Gasteiger partial charge is 0.278 e. The summed E-state index contributed by atoms with van der Waals surface area (Å²) in [6, 6.07) is 38.9. The van der Waals surface area contributed by atoms with E-state index in [4.69, 9.17) is 0 Å². The Balaban J connectivity index is 1.33. The summed E-state index contributed by atoms with van der Waals surface area (Å²) < 4.78 is 1.62. The van der Waals surface area contributed by atoms with Crippen molar-refractivity contribution in [2.24, 2.45) is 0 Å². The topological polar surface area (TPSA) is 53.9 Å². The van der Waals surface area contributed by atoms with Gasteiger partial charge < -0.3 is 9.88 Å². The number of rotatable bonds is 6. The Kier molecular flexibility index (Phi) is 5.64. The van der Waals surface area contributed by atoms with Gasteiger partial charge in [-0.1, -0.05) is 78.9 Å². The molecule has 4 aromatic rings. The number of fused-ring (bicyclic) bond motifs is 1. The van der Waals surface area contributed by atoms with E-state index in [1.165, 1.54) is 0 Å². The summed E-state index contributed by atoms with van der Waals surface area (Å²) in [5, 5.41) is 0. The van der Waals surface area contributed by atoms with Crippen molar-refractivity contribution in [2.75, 3.05) is 4.90 Å². The van der Waals surface area contributed by atoms with Gasteiger partial charge in [0, 0.05) is 35.9 Å². The zero-order chi connectivity index (χ0) is 24.3. The molecule has 0 amide bonds.